The van der Waals surface area contributed by atoms with Gasteiger partial charge in [0.2, 0.25) is 5.91 Å². The van der Waals surface area contributed by atoms with Gasteiger partial charge in [-0.25, -0.2) is 8.42 Å². The highest BCUT2D eigenvalue weighted by Gasteiger charge is 2.20. The molecular weight excluding hydrogens is 386 g/mol. The number of sulfonamides is 1. The van der Waals surface area contributed by atoms with Gasteiger partial charge in [0.05, 0.1) is 16.6 Å². The topological polar surface area (TPSA) is 101 Å². The van der Waals surface area contributed by atoms with Crippen LogP contribution in [0.25, 0.3) is 0 Å². The number of carbonyl (C=O) groups excluding carboxylic acids is 1. The number of nitrogens with two attached hydrogens (primary N) is 1. The van der Waals surface area contributed by atoms with Crippen LogP contribution in [0.4, 0.5) is 5.69 Å². The summed E-state index contributed by atoms with van der Waals surface area (Å²) in [5.41, 5.74) is 7.02. The SMILES string of the molecule is CCC(C)C(N)C(=O)NCc1ccccc1NS(=O)(=O)c1ccccc1.Cl. The number of carbonyl (C=O) groups is 1. The lowest BCUT2D eigenvalue weighted by Crippen LogP contribution is -2.44. The first-order chi connectivity index (χ1) is 12.3. The Balaban J connectivity index is 0.00000364. The summed E-state index contributed by atoms with van der Waals surface area (Å²) < 4.78 is 27.6. The molecule has 0 radical (unpaired) electrons. The molecule has 2 aromatic carbocycles. The van der Waals surface area contributed by atoms with E-state index < -0.39 is 16.1 Å². The Morgan fingerprint density at radius 3 is 2.30 bits per heavy atom. The molecule has 2 aromatic rings. The zero-order valence-electron chi connectivity index (χ0n) is 15.4. The highest BCUT2D eigenvalue weighted by molar-refractivity contribution is 7.92. The van der Waals surface area contributed by atoms with E-state index in [0.29, 0.717) is 11.3 Å². The van der Waals surface area contributed by atoms with Gasteiger partial charge in [0.15, 0.2) is 0 Å². The van der Waals surface area contributed by atoms with Crippen LogP contribution < -0.4 is 15.8 Å². The summed E-state index contributed by atoms with van der Waals surface area (Å²) in [5, 5.41) is 2.78. The number of anilines is 1. The lowest BCUT2D eigenvalue weighted by atomic mass is 9.99. The number of para-hydroxylation sites is 1. The Bertz CT molecular complexity index is 844. The van der Waals surface area contributed by atoms with Crippen LogP contribution in [-0.4, -0.2) is 20.4 Å². The van der Waals surface area contributed by atoms with E-state index in [-0.39, 0.29) is 35.7 Å². The van der Waals surface area contributed by atoms with E-state index in [1.54, 1.807) is 42.5 Å². The van der Waals surface area contributed by atoms with Crippen molar-refractivity contribution in [2.24, 2.45) is 11.7 Å². The fourth-order valence-corrected chi connectivity index (χ4v) is 3.51. The van der Waals surface area contributed by atoms with Crippen LogP contribution in [0.2, 0.25) is 0 Å². The summed E-state index contributed by atoms with van der Waals surface area (Å²) >= 11 is 0. The molecule has 0 heterocycles. The highest BCUT2D eigenvalue weighted by Crippen LogP contribution is 2.20. The van der Waals surface area contributed by atoms with Crippen LogP contribution in [0, 0.1) is 5.92 Å². The molecule has 1 amide bonds. The number of rotatable bonds is 8. The van der Waals surface area contributed by atoms with Gasteiger partial charge in [-0.15, -0.1) is 12.4 Å². The Kier molecular flexibility index (Phi) is 8.75. The minimum Gasteiger partial charge on any atom is -0.351 e. The highest BCUT2D eigenvalue weighted by atomic mass is 35.5. The van der Waals surface area contributed by atoms with Gasteiger partial charge in [-0.1, -0.05) is 56.7 Å². The monoisotopic (exact) mass is 411 g/mol. The number of hydrogen-bond donors (Lipinski definition) is 3. The van der Waals surface area contributed by atoms with E-state index in [1.807, 2.05) is 13.8 Å². The van der Waals surface area contributed by atoms with E-state index in [4.69, 9.17) is 5.73 Å². The number of hydrogen-bond acceptors (Lipinski definition) is 4. The minimum absolute atomic E-state index is 0. The Labute approximate surface area is 167 Å². The first-order valence-electron chi connectivity index (χ1n) is 8.54. The average molecular weight is 412 g/mol. The van der Waals surface area contributed by atoms with E-state index in [2.05, 4.69) is 10.0 Å². The van der Waals surface area contributed by atoms with Crippen molar-refractivity contribution < 1.29 is 13.2 Å². The molecule has 4 N–H and O–H groups in total. The summed E-state index contributed by atoms with van der Waals surface area (Å²) in [6.07, 6.45) is 0.808. The Hall–Kier alpha value is -2.09. The maximum Gasteiger partial charge on any atom is 0.261 e. The normalized spacial score (nSPS) is 13.1. The zero-order valence-corrected chi connectivity index (χ0v) is 17.0. The molecule has 0 saturated carbocycles. The number of amides is 1. The fraction of sp³-hybridized carbons (Fsp3) is 0.316. The van der Waals surface area contributed by atoms with Crippen molar-refractivity contribution in [1.82, 2.24) is 5.32 Å². The third kappa shape index (κ3) is 6.23. The van der Waals surface area contributed by atoms with Crippen molar-refractivity contribution in [3.05, 3.63) is 60.2 Å². The van der Waals surface area contributed by atoms with Crippen LogP contribution in [0.1, 0.15) is 25.8 Å². The van der Waals surface area contributed by atoms with Crippen LogP contribution in [-0.2, 0) is 21.4 Å². The second-order valence-electron chi connectivity index (χ2n) is 6.20. The average Bonchev–Trinajstić information content (AvgIpc) is 2.66. The van der Waals surface area contributed by atoms with E-state index in [0.717, 1.165) is 6.42 Å². The van der Waals surface area contributed by atoms with Gasteiger partial charge in [0.25, 0.3) is 10.0 Å². The molecule has 6 nitrogen and oxygen atoms in total. The van der Waals surface area contributed by atoms with E-state index in [1.165, 1.54) is 12.1 Å². The minimum atomic E-state index is -3.70. The molecule has 0 aliphatic carbocycles. The number of benzene rings is 2. The summed E-state index contributed by atoms with van der Waals surface area (Å²) in [7, 11) is -3.70. The summed E-state index contributed by atoms with van der Waals surface area (Å²) in [6.45, 7) is 4.09. The third-order valence-electron chi connectivity index (χ3n) is 4.33. The van der Waals surface area contributed by atoms with Crippen molar-refractivity contribution >= 4 is 34.0 Å². The first-order valence-corrected chi connectivity index (χ1v) is 10.0. The molecule has 8 heteroatoms. The van der Waals surface area contributed by atoms with Crippen molar-refractivity contribution in [3.8, 4) is 0 Å². The predicted molar refractivity (Wildman–Crippen MR) is 110 cm³/mol. The summed E-state index contributed by atoms with van der Waals surface area (Å²) in [4.78, 5) is 12.3. The van der Waals surface area contributed by atoms with Gasteiger partial charge in [0.1, 0.15) is 0 Å². The van der Waals surface area contributed by atoms with Crippen molar-refractivity contribution in [1.29, 1.82) is 0 Å². The van der Waals surface area contributed by atoms with Crippen LogP contribution >= 0.6 is 12.4 Å². The fourth-order valence-electron chi connectivity index (χ4n) is 2.39. The lowest BCUT2D eigenvalue weighted by Gasteiger charge is -2.18. The zero-order chi connectivity index (χ0) is 19.2. The van der Waals surface area contributed by atoms with Gasteiger partial charge >= 0.3 is 0 Å². The predicted octanol–water partition coefficient (Wildman–Crippen LogP) is 2.90. The van der Waals surface area contributed by atoms with Gasteiger partial charge in [-0.2, -0.15) is 0 Å². The standard InChI is InChI=1S/C19H25N3O3S.ClH/c1-3-14(2)18(20)19(23)21-13-15-9-7-8-12-17(15)22-26(24,25)16-10-5-4-6-11-16;/h4-12,14,18,22H,3,13,20H2,1-2H3,(H,21,23);1H. The van der Waals surface area contributed by atoms with Gasteiger partial charge in [-0.05, 0) is 29.7 Å². The molecule has 0 spiro atoms. The van der Waals surface area contributed by atoms with Crippen LogP contribution in [0.5, 0.6) is 0 Å². The maximum atomic E-state index is 12.5. The summed E-state index contributed by atoms with van der Waals surface area (Å²) in [6, 6.07) is 14.5. The molecule has 2 rings (SSSR count). The lowest BCUT2D eigenvalue weighted by molar-refractivity contribution is -0.123. The molecule has 27 heavy (non-hydrogen) atoms. The Morgan fingerprint density at radius 2 is 1.67 bits per heavy atom. The van der Waals surface area contributed by atoms with Gasteiger partial charge in [-0.3, -0.25) is 9.52 Å². The van der Waals surface area contributed by atoms with E-state index >= 15 is 0 Å². The smallest absolute Gasteiger partial charge is 0.261 e. The third-order valence-corrected chi connectivity index (χ3v) is 5.71. The Morgan fingerprint density at radius 1 is 1.07 bits per heavy atom. The molecule has 0 aliphatic rings. The molecule has 2 atom stereocenters. The second kappa shape index (κ2) is 10.3. The quantitative estimate of drug-likeness (QED) is 0.621. The molecule has 148 valence electrons. The molecule has 0 bridgehead atoms. The molecule has 0 aromatic heterocycles. The molecular formula is C19H26ClN3O3S. The van der Waals surface area contributed by atoms with Crippen LogP contribution in [0.15, 0.2) is 59.5 Å². The van der Waals surface area contributed by atoms with E-state index in [9.17, 15) is 13.2 Å². The maximum absolute atomic E-state index is 12.5. The van der Waals surface area contributed by atoms with Crippen molar-refractivity contribution in [2.45, 2.75) is 37.8 Å². The number of halogens is 1. The van der Waals surface area contributed by atoms with Crippen molar-refractivity contribution in [3.63, 3.8) is 0 Å². The number of nitrogens with one attached hydrogen (secondary N) is 2. The van der Waals surface area contributed by atoms with Gasteiger partial charge < -0.3 is 11.1 Å². The second-order valence-corrected chi connectivity index (χ2v) is 7.89. The van der Waals surface area contributed by atoms with Crippen LogP contribution in [0.3, 0.4) is 0 Å². The largest absolute Gasteiger partial charge is 0.351 e. The summed E-state index contributed by atoms with van der Waals surface area (Å²) in [5.74, 6) is -0.179. The first kappa shape index (κ1) is 23.0. The van der Waals surface area contributed by atoms with Crippen molar-refractivity contribution in [2.75, 3.05) is 4.72 Å². The molecule has 2 unspecified atom stereocenters. The molecule has 0 aliphatic heterocycles. The molecule has 0 saturated heterocycles. The van der Waals surface area contributed by atoms with Gasteiger partial charge in [0, 0.05) is 6.54 Å². The molecule has 0 fully saturated rings.